The van der Waals surface area contributed by atoms with Crippen LogP contribution < -0.4 is 0 Å². The third-order valence-electron chi connectivity index (χ3n) is 14.0. The lowest BCUT2D eigenvalue weighted by atomic mass is 9.75. The Morgan fingerprint density at radius 1 is 0.339 bits per heavy atom. The van der Waals surface area contributed by atoms with Crippen LogP contribution in [0.2, 0.25) is 0 Å². The van der Waals surface area contributed by atoms with E-state index in [4.69, 9.17) is 0 Å². The van der Waals surface area contributed by atoms with Gasteiger partial charge in [0.05, 0.1) is 0 Å². The topological polar surface area (TPSA) is 0 Å². The van der Waals surface area contributed by atoms with Gasteiger partial charge >= 0.3 is 0 Å². The summed E-state index contributed by atoms with van der Waals surface area (Å²) in [6, 6.07) is 64.9. The van der Waals surface area contributed by atoms with Crippen molar-refractivity contribution in [3.8, 4) is 55.6 Å². The molecule has 1 saturated carbocycles. The summed E-state index contributed by atoms with van der Waals surface area (Å²) in [7, 11) is 0. The summed E-state index contributed by atoms with van der Waals surface area (Å²) in [6.45, 7) is 4.78. The van der Waals surface area contributed by atoms with Gasteiger partial charge in [-0.25, -0.2) is 0 Å². The van der Waals surface area contributed by atoms with Crippen LogP contribution in [0.5, 0.6) is 0 Å². The number of fused-ring (bicyclic) bond motifs is 11. The molecule has 0 bridgehead atoms. The van der Waals surface area contributed by atoms with Crippen molar-refractivity contribution in [1.29, 1.82) is 0 Å². The Hall–Kier alpha value is -6.24. The minimum Gasteiger partial charge on any atom is -0.0619 e. The summed E-state index contributed by atoms with van der Waals surface area (Å²) in [5.74, 6) is 0. The molecule has 12 rings (SSSR count). The second kappa shape index (κ2) is 11.6. The molecule has 9 aromatic carbocycles. The van der Waals surface area contributed by atoms with Gasteiger partial charge in [0.15, 0.2) is 0 Å². The summed E-state index contributed by atoms with van der Waals surface area (Å²) < 4.78 is 0. The van der Waals surface area contributed by atoms with Crippen molar-refractivity contribution in [3.05, 3.63) is 192 Å². The average molecular weight is 715 g/mol. The molecule has 266 valence electrons. The molecule has 0 heteroatoms. The van der Waals surface area contributed by atoms with Gasteiger partial charge in [-0.2, -0.15) is 0 Å². The lowest BCUT2D eigenvalue weighted by Gasteiger charge is -2.27. The lowest BCUT2D eigenvalue weighted by molar-refractivity contribution is 0.550. The first kappa shape index (κ1) is 32.0. The third-order valence-corrected chi connectivity index (χ3v) is 14.0. The second-order valence-corrected chi connectivity index (χ2v) is 17.1. The van der Waals surface area contributed by atoms with Crippen LogP contribution in [-0.4, -0.2) is 0 Å². The highest BCUT2D eigenvalue weighted by Crippen LogP contribution is 2.59. The van der Waals surface area contributed by atoms with E-state index in [0.29, 0.717) is 0 Å². The standard InChI is InChI=1S/C56H42/c1-55(2)48-24-9-8-21-45(48)54-46(23-14-26-50(54)55)53-43-20-6-5-19-42(43)52(44-30-27-36(33-47(44)53)39-22-13-16-35-15-3-4-17-38(35)39)37-28-29-41-40-18-7-10-25-49(40)56(51(41)34-37)31-11-12-32-56/h3-10,13-30,33-34H,11-12,31-32H2,1-2H3. The van der Waals surface area contributed by atoms with Crippen LogP contribution >= 0.6 is 0 Å². The van der Waals surface area contributed by atoms with Gasteiger partial charge in [0.2, 0.25) is 0 Å². The van der Waals surface area contributed by atoms with Gasteiger partial charge in [0.1, 0.15) is 0 Å². The van der Waals surface area contributed by atoms with Gasteiger partial charge in [-0.05, 0) is 135 Å². The fourth-order valence-corrected chi connectivity index (χ4v) is 11.5. The van der Waals surface area contributed by atoms with Crippen molar-refractivity contribution in [2.24, 2.45) is 0 Å². The largest absolute Gasteiger partial charge is 0.0619 e. The summed E-state index contributed by atoms with van der Waals surface area (Å²) in [6.07, 6.45) is 5.03. The van der Waals surface area contributed by atoms with Gasteiger partial charge in [0.25, 0.3) is 0 Å². The highest BCUT2D eigenvalue weighted by atomic mass is 14.5. The van der Waals surface area contributed by atoms with E-state index in [9.17, 15) is 0 Å². The van der Waals surface area contributed by atoms with Crippen molar-refractivity contribution in [1.82, 2.24) is 0 Å². The lowest BCUT2D eigenvalue weighted by Crippen LogP contribution is -2.20. The van der Waals surface area contributed by atoms with Crippen LogP contribution in [0, 0.1) is 0 Å². The molecule has 0 heterocycles. The maximum absolute atomic E-state index is 2.60. The molecule has 0 aromatic heterocycles. The smallest absolute Gasteiger partial charge is 0.0215 e. The first-order chi connectivity index (χ1) is 27.5. The van der Waals surface area contributed by atoms with E-state index in [-0.39, 0.29) is 10.8 Å². The number of hydrogen-bond acceptors (Lipinski definition) is 0. The zero-order valence-corrected chi connectivity index (χ0v) is 32.0. The van der Waals surface area contributed by atoms with Crippen molar-refractivity contribution in [2.45, 2.75) is 50.4 Å². The zero-order valence-electron chi connectivity index (χ0n) is 32.0. The van der Waals surface area contributed by atoms with E-state index in [0.717, 1.165) is 0 Å². The first-order valence-electron chi connectivity index (χ1n) is 20.5. The number of rotatable bonds is 3. The molecule has 0 radical (unpaired) electrons. The summed E-state index contributed by atoms with van der Waals surface area (Å²) in [5.41, 5.74) is 19.3. The van der Waals surface area contributed by atoms with Crippen molar-refractivity contribution in [3.63, 3.8) is 0 Å². The SMILES string of the molecule is CC1(C)c2ccccc2-c2c(-c3c4ccccc4c(-c4ccc5c(c4)C4(CCCC4)c4ccccc4-5)c4ccc(-c5cccc6ccccc56)cc34)cccc21. The number of hydrogen-bond donors (Lipinski definition) is 0. The van der Waals surface area contributed by atoms with Crippen molar-refractivity contribution in [2.75, 3.05) is 0 Å². The fraction of sp³-hybridized carbons (Fsp3) is 0.143. The Morgan fingerprint density at radius 3 is 1.75 bits per heavy atom. The fourth-order valence-electron chi connectivity index (χ4n) is 11.5. The van der Waals surface area contributed by atoms with Crippen LogP contribution in [0.3, 0.4) is 0 Å². The molecule has 0 atom stereocenters. The number of benzene rings is 9. The molecule has 0 unspecified atom stereocenters. The van der Waals surface area contributed by atoms with Gasteiger partial charge in [-0.1, -0.05) is 184 Å². The quantitative estimate of drug-likeness (QED) is 0.160. The average Bonchev–Trinajstić information content (AvgIpc) is 3.92. The summed E-state index contributed by atoms with van der Waals surface area (Å²) in [5, 5.41) is 7.78. The normalized spacial score (nSPS) is 15.7. The maximum atomic E-state index is 2.60. The van der Waals surface area contributed by atoms with E-state index in [1.807, 2.05) is 0 Å². The predicted octanol–water partition coefficient (Wildman–Crippen LogP) is 15.3. The Labute approximate surface area is 329 Å². The monoisotopic (exact) mass is 714 g/mol. The van der Waals surface area contributed by atoms with Crippen molar-refractivity contribution < 1.29 is 0 Å². The van der Waals surface area contributed by atoms with Crippen LogP contribution in [0.25, 0.3) is 88.0 Å². The van der Waals surface area contributed by atoms with E-state index in [1.165, 1.54) is 136 Å². The molecule has 1 spiro atoms. The van der Waals surface area contributed by atoms with Crippen LogP contribution in [0.4, 0.5) is 0 Å². The van der Waals surface area contributed by atoms with E-state index in [2.05, 4.69) is 184 Å². The molecule has 0 amide bonds. The second-order valence-electron chi connectivity index (χ2n) is 17.1. The molecule has 0 nitrogen and oxygen atoms in total. The van der Waals surface area contributed by atoms with Crippen LogP contribution in [-0.2, 0) is 10.8 Å². The Bertz CT molecular complexity index is 3110. The molecule has 0 N–H and O–H groups in total. The summed E-state index contributed by atoms with van der Waals surface area (Å²) in [4.78, 5) is 0. The van der Waals surface area contributed by atoms with Gasteiger partial charge < -0.3 is 0 Å². The minimum atomic E-state index is -0.0835. The Morgan fingerprint density at radius 2 is 0.911 bits per heavy atom. The van der Waals surface area contributed by atoms with Crippen LogP contribution in [0.1, 0.15) is 61.8 Å². The van der Waals surface area contributed by atoms with Gasteiger partial charge in [-0.3, -0.25) is 0 Å². The van der Waals surface area contributed by atoms with Crippen molar-refractivity contribution >= 4 is 32.3 Å². The molecular formula is C56H42. The third kappa shape index (κ3) is 4.25. The molecule has 0 aliphatic heterocycles. The van der Waals surface area contributed by atoms with Gasteiger partial charge in [-0.15, -0.1) is 0 Å². The zero-order chi connectivity index (χ0) is 37.2. The molecular weight excluding hydrogens is 673 g/mol. The molecule has 3 aliphatic carbocycles. The maximum Gasteiger partial charge on any atom is 0.0215 e. The molecule has 0 saturated heterocycles. The highest BCUT2D eigenvalue weighted by Gasteiger charge is 2.45. The predicted molar refractivity (Wildman–Crippen MR) is 238 cm³/mol. The van der Waals surface area contributed by atoms with E-state index >= 15 is 0 Å². The first-order valence-corrected chi connectivity index (χ1v) is 20.5. The Balaban J connectivity index is 1.20. The molecule has 9 aromatic rings. The summed E-state index contributed by atoms with van der Waals surface area (Å²) >= 11 is 0. The molecule has 56 heavy (non-hydrogen) atoms. The van der Waals surface area contributed by atoms with Crippen LogP contribution in [0.15, 0.2) is 170 Å². The molecule has 1 fully saturated rings. The molecule has 3 aliphatic rings. The van der Waals surface area contributed by atoms with Gasteiger partial charge in [0, 0.05) is 10.8 Å². The highest BCUT2D eigenvalue weighted by molar-refractivity contribution is 6.23. The Kier molecular flexibility index (Phi) is 6.66. The minimum absolute atomic E-state index is 0.0835. The van der Waals surface area contributed by atoms with E-state index in [1.54, 1.807) is 0 Å². The van der Waals surface area contributed by atoms with E-state index < -0.39 is 0 Å².